The highest BCUT2D eigenvalue weighted by Crippen LogP contribution is 2.29. The molecule has 0 aliphatic carbocycles. The van der Waals surface area contributed by atoms with Crippen molar-refractivity contribution in [2.75, 3.05) is 24.7 Å². The first-order chi connectivity index (χ1) is 8.50. The number of amides is 1. The van der Waals surface area contributed by atoms with Crippen LogP contribution in [0.25, 0.3) is 0 Å². The van der Waals surface area contributed by atoms with Crippen LogP contribution in [0.1, 0.15) is 11.1 Å². The summed E-state index contributed by atoms with van der Waals surface area (Å²) in [6.07, 6.45) is 0. The number of morpholine rings is 1. The average Bonchev–Trinajstić information content (AvgIpc) is 2.30. The van der Waals surface area contributed by atoms with Gasteiger partial charge in [0.05, 0.1) is 17.2 Å². The third-order valence-corrected chi connectivity index (χ3v) is 2.99. The first kappa shape index (κ1) is 12.5. The molecular formula is C12H14N2O4. The summed E-state index contributed by atoms with van der Waals surface area (Å²) >= 11 is 0. The molecule has 0 radical (unpaired) electrons. The van der Waals surface area contributed by atoms with Crippen LogP contribution in [0.15, 0.2) is 12.1 Å². The molecule has 1 amide bonds. The van der Waals surface area contributed by atoms with Crippen molar-refractivity contribution >= 4 is 17.3 Å². The predicted molar refractivity (Wildman–Crippen MR) is 65.7 cm³/mol. The SMILES string of the molecule is Cc1cc(C)c([N+](=O)[O-])cc1N1CCOCC1=O. The molecule has 0 atom stereocenters. The van der Waals surface area contributed by atoms with Gasteiger partial charge < -0.3 is 9.64 Å². The van der Waals surface area contributed by atoms with Gasteiger partial charge in [0.25, 0.3) is 11.6 Å². The number of nitro benzene ring substituents is 1. The molecule has 1 fully saturated rings. The van der Waals surface area contributed by atoms with Gasteiger partial charge in [0.15, 0.2) is 0 Å². The quantitative estimate of drug-likeness (QED) is 0.590. The lowest BCUT2D eigenvalue weighted by Crippen LogP contribution is -2.42. The fourth-order valence-electron chi connectivity index (χ4n) is 2.09. The summed E-state index contributed by atoms with van der Waals surface area (Å²) < 4.78 is 5.05. The summed E-state index contributed by atoms with van der Waals surface area (Å²) in [5, 5.41) is 10.9. The molecule has 0 spiro atoms. The molecule has 0 aromatic heterocycles. The maximum Gasteiger partial charge on any atom is 0.274 e. The Labute approximate surface area is 104 Å². The summed E-state index contributed by atoms with van der Waals surface area (Å²) in [5.74, 6) is -0.164. The van der Waals surface area contributed by atoms with E-state index in [-0.39, 0.29) is 18.2 Å². The maximum atomic E-state index is 11.7. The summed E-state index contributed by atoms with van der Waals surface area (Å²) in [4.78, 5) is 23.8. The molecule has 1 aromatic rings. The Morgan fingerprint density at radius 3 is 2.67 bits per heavy atom. The molecule has 1 saturated heterocycles. The summed E-state index contributed by atoms with van der Waals surface area (Å²) in [5.41, 5.74) is 2.09. The molecule has 0 bridgehead atoms. The number of hydrogen-bond acceptors (Lipinski definition) is 4. The smallest absolute Gasteiger partial charge is 0.274 e. The lowest BCUT2D eigenvalue weighted by Gasteiger charge is -2.28. The lowest BCUT2D eigenvalue weighted by atomic mass is 10.1. The van der Waals surface area contributed by atoms with Crippen molar-refractivity contribution in [3.05, 3.63) is 33.4 Å². The van der Waals surface area contributed by atoms with Crippen molar-refractivity contribution < 1.29 is 14.5 Å². The fourth-order valence-corrected chi connectivity index (χ4v) is 2.09. The van der Waals surface area contributed by atoms with Gasteiger partial charge in [-0.15, -0.1) is 0 Å². The average molecular weight is 250 g/mol. The number of carbonyl (C=O) groups excluding carboxylic acids is 1. The monoisotopic (exact) mass is 250 g/mol. The van der Waals surface area contributed by atoms with Crippen LogP contribution in [-0.4, -0.2) is 30.6 Å². The van der Waals surface area contributed by atoms with E-state index in [1.54, 1.807) is 17.9 Å². The van der Waals surface area contributed by atoms with Crippen molar-refractivity contribution in [1.82, 2.24) is 0 Å². The molecule has 0 N–H and O–H groups in total. The predicted octanol–water partition coefficient (Wildman–Crippen LogP) is 1.57. The van der Waals surface area contributed by atoms with Gasteiger partial charge >= 0.3 is 0 Å². The molecule has 1 aromatic carbocycles. The van der Waals surface area contributed by atoms with Crippen LogP contribution in [0.5, 0.6) is 0 Å². The van der Waals surface area contributed by atoms with Crippen LogP contribution < -0.4 is 4.90 Å². The van der Waals surface area contributed by atoms with Crippen LogP contribution in [0.3, 0.4) is 0 Å². The molecule has 2 rings (SSSR count). The lowest BCUT2D eigenvalue weighted by molar-refractivity contribution is -0.385. The molecule has 0 saturated carbocycles. The van der Waals surface area contributed by atoms with Gasteiger partial charge in [-0.1, -0.05) is 0 Å². The van der Waals surface area contributed by atoms with Gasteiger partial charge in [0.1, 0.15) is 6.61 Å². The topological polar surface area (TPSA) is 72.7 Å². The number of carbonyl (C=O) groups is 1. The van der Waals surface area contributed by atoms with E-state index in [1.165, 1.54) is 6.07 Å². The highest BCUT2D eigenvalue weighted by molar-refractivity contribution is 5.96. The fraction of sp³-hybridized carbons (Fsp3) is 0.417. The van der Waals surface area contributed by atoms with E-state index in [9.17, 15) is 14.9 Å². The van der Waals surface area contributed by atoms with Crippen molar-refractivity contribution in [2.24, 2.45) is 0 Å². The summed E-state index contributed by atoms with van der Waals surface area (Å²) in [6.45, 7) is 4.44. The highest BCUT2D eigenvalue weighted by Gasteiger charge is 2.24. The Bertz CT molecular complexity index is 513. The zero-order valence-corrected chi connectivity index (χ0v) is 10.3. The van der Waals surface area contributed by atoms with E-state index >= 15 is 0 Å². The van der Waals surface area contributed by atoms with E-state index in [0.717, 1.165) is 5.56 Å². The summed E-state index contributed by atoms with van der Waals surface area (Å²) in [7, 11) is 0. The van der Waals surface area contributed by atoms with Crippen molar-refractivity contribution in [1.29, 1.82) is 0 Å². The molecular weight excluding hydrogens is 236 g/mol. The number of hydrogen-bond donors (Lipinski definition) is 0. The minimum Gasteiger partial charge on any atom is -0.370 e. The highest BCUT2D eigenvalue weighted by atomic mass is 16.6. The minimum absolute atomic E-state index is 0.0289. The molecule has 0 unspecified atom stereocenters. The van der Waals surface area contributed by atoms with Crippen LogP contribution in [0.2, 0.25) is 0 Å². The van der Waals surface area contributed by atoms with Crippen LogP contribution in [0.4, 0.5) is 11.4 Å². The summed E-state index contributed by atoms with van der Waals surface area (Å²) in [6, 6.07) is 3.20. The third-order valence-electron chi connectivity index (χ3n) is 2.99. The van der Waals surface area contributed by atoms with E-state index in [0.29, 0.717) is 24.4 Å². The van der Waals surface area contributed by atoms with Crippen molar-refractivity contribution in [2.45, 2.75) is 13.8 Å². The number of aryl methyl sites for hydroxylation is 2. The van der Waals surface area contributed by atoms with Crippen molar-refractivity contribution in [3.8, 4) is 0 Å². The van der Waals surface area contributed by atoms with E-state index in [1.807, 2.05) is 6.92 Å². The molecule has 18 heavy (non-hydrogen) atoms. The van der Waals surface area contributed by atoms with Crippen LogP contribution in [-0.2, 0) is 9.53 Å². The Balaban J connectivity index is 2.46. The molecule has 1 heterocycles. The number of benzene rings is 1. The first-order valence-electron chi connectivity index (χ1n) is 5.64. The Morgan fingerprint density at radius 2 is 2.06 bits per heavy atom. The van der Waals surface area contributed by atoms with Crippen LogP contribution in [0, 0.1) is 24.0 Å². The van der Waals surface area contributed by atoms with E-state index in [2.05, 4.69) is 0 Å². The Kier molecular flexibility index (Phi) is 3.29. The zero-order valence-electron chi connectivity index (χ0n) is 10.3. The largest absolute Gasteiger partial charge is 0.370 e. The Morgan fingerprint density at radius 1 is 1.33 bits per heavy atom. The first-order valence-corrected chi connectivity index (χ1v) is 5.64. The number of anilines is 1. The second-order valence-electron chi connectivity index (χ2n) is 4.28. The van der Waals surface area contributed by atoms with Crippen LogP contribution >= 0.6 is 0 Å². The standard InChI is InChI=1S/C12H14N2O4/c1-8-5-9(2)11(14(16)17)6-10(8)13-3-4-18-7-12(13)15/h5-6H,3-4,7H2,1-2H3. The molecule has 6 nitrogen and oxygen atoms in total. The normalized spacial score (nSPS) is 15.9. The Hall–Kier alpha value is -1.95. The second kappa shape index (κ2) is 4.73. The van der Waals surface area contributed by atoms with Gasteiger partial charge in [-0.2, -0.15) is 0 Å². The number of rotatable bonds is 2. The van der Waals surface area contributed by atoms with Gasteiger partial charge in [0, 0.05) is 18.2 Å². The van der Waals surface area contributed by atoms with Gasteiger partial charge in [-0.05, 0) is 25.5 Å². The van der Waals surface area contributed by atoms with E-state index < -0.39 is 4.92 Å². The van der Waals surface area contributed by atoms with Gasteiger partial charge in [-0.25, -0.2) is 0 Å². The van der Waals surface area contributed by atoms with E-state index in [4.69, 9.17) is 4.74 Å². The zero-order chi connectivity index (χ0) is 13.3. The van der Waals surface area contributed by atoms with Gasteiger partial charge in [0.2, 0.25) is 0 Å². The van der Waals surface area contributed by atoms with Gasteiger partial charge in [-0.3, -0.25) is 14.9 Å². The molecule has 1 aliphatic heterocycles. The number of ether oxygens (including phenoxy) is 1. The number of nitrogens with zero attached hydrogens (tertiary/aromatic N) is 2. The second-order valence-corrected chi connectivity index (χ2v) is 4.28. The minimum atomic E-state index is -0.427. The maximum absolute atomic E-state index is 11.7. The third kappa shape index (κ3) is 2.19. The molecule has 6 heteroatoms. The molecule has 1 aliphatic rings. The molecule has 96 valence electrons. The number of nitro groups is 1. The van der Waals surface area contributed by atoms with Crippen molar-refractivity contribution in [3.63, 3.8) is 0 Å².